The molecule has 1 fully saturated rings. The molecule has 2 amide bonds. The smallest absolute Gasteiger partial charge is 0.261 e. The monoisotopic (exact) mass is 436 g/mol. The number of piperidine rings is 1. The van der Waals surface area contributed by atoms with E-state index >= 15 is 0 Å². The molecule has 0 radical (unpaired) electrons. The number of allylic oxidation sites excluding steroid dienone is 1. The zero-order valence-electron chi connectivity index (χ0n) is 15.7. The van der Waals surface area contributed by atoms with Gasteiger partial charge in [0.05, 0.1) is 11.1 Å². The minimum atomic E-state index is -0.597. The van der Waals surface area contributed by atoms with Gasteiger partial charge in [0.15, 0.2) is 0 Å². The molecule has 4 nitrogen and oxygen atoms in total. The summed E-state index contributed by atoms with van der Waals surface area (Å²) in [6, 6.07) is 13.9. The Morgan fingerprint density at radius 2 is 1.89 bits per heavy atom. The molecule has 2 aromatic rings. The van der Waals surface area contributed by atoms with Crippen molar-refractivity contribution in [1.82, 2.24) is 5.32 Å². The van der Waals surface area contributed by atoms with Gasteiger partial charge in [0, 0.05) is 16.5 Å². The number of carbonyl (C=O) groups excluding carboxylic acids is 2. The lowest BCUT2D eigenvalue weighted by Crippen LogP contribution is -2.49. The summed E-state index contributed by atoms with van der Waals surface area (Å²) < 4.78 is 0.940. The van der Waals surface area contributed by atoms with Crippen molar-refractivity contribution in [3.05, 3.63) is 69.2 Å². The lowest BCUT2D eigenvalue weighted by atomic mass is 9.74. The van der Waals surface area contributed by atoms with Crippen molar-refractivity contribution in [3.8, 4) is 0 Å². The molecule has 1 aliphatic carbocycles. The number of hydrogen-bond acceptors (Lipinski definition) is 3. The molecule has 0 atom stereocenters. The fourth-order valence-electron chi connectivity index (χ4n) is 4.96. The van der Waals surface area contributed by atoms with Gasteiger partial charge in [-0.2, -0.15) is 0 Å². The molecule has 1 saturated heterocycles. The molecule has 0 aromatic heterocycles. The fraction of sp³-hybridized carbons (Fsp3) is 0.304. The van der Waals surface area contributed by atoms with Crippen LogP contribution in [-0.2, 0) is 21.4 Å². The van der Waals surface area contributed by atoms with Crippen LogP contribution in [-0.4, -0.2) is 24.9 Å². The number of imide groups is 1. The van der Waals surface area contributed by atoms with Gasteiger partial charge in [-0.15, -0.1) is 0 Å². The first-order valence-corrected chi connectivity index (χ1v) is 10.5. The summed E-state index contributed by atoms with van der Waals surface area (Å²) in [6.45, 7) is 3.56. The maximum absolute atomic E-state index is 13.7. The molecule has 28 heavy (non-hydrogen) atoms. The van der Waals surface area contributed by atoms with E-state index < -0.39 is 5.41 Å². The third-order valence-electron chi connectivity index (χ3n) is 6.49. The highest BCUT2D eigenvalue weighted by Crippen LogP contribution is 2.49. The third-order valence-corrected chi connectivity index (χ3v) is 6.98. The van der Waals surface area contributed by atoms with Crippen LogP contribution < -0.4 is 10.2 Å². The van der Waals surface area contributed by atoms with E-state index in [2.05, 4.69) is 33.4 Å². The van der Waals surface area contributed by atoms with Crippen LogP contribution in [0.2, 0.25) is 0 Å². The Balaban J connectivity index is 1.61. The van der Waals surface area contributed by atoms with Gasteiger partial charge in [-0.05, 0) is 73.3 Å². The predicted octanol–water partition coefficient (Wildman–Crippen LogP) is 3.97. The number of benzene rings is 2. The summed E-state index contributed by atoms with van der Waals surface area (Å²) in [5.74, 6) is -0.235. The summed E-state index contributed by atoms with van der Waals surface area (Å²) in [5.41, 5.74) is 5.12. The van der Waals surface area contributed by atoms with Crippen molar-refractivity contribution in [2.45, 2.75) is 31.6 Å². The number of hydrogen-bond donors (Lipinski definition) is 1. The van der Waals surface area contributed by atoms with E-state index in [4.69, 9.17) is 0 Å². The van der Waals surface area contributed by atoms with Crippen molar-refractivity contribution in [2.24, 2.45) is 0 Å². The third kappa shape index (κ3) is 2.39. The predicted molar refractivity (Wildman–Crippen MR) is 113 cm³/mol. The molecular weight excluding hydrogens is 416 g/mol. The molecule has 3 aliphatic rings. The Kier molecular flexibility index (Phi) is 4.07. The van der Waals surface area contributed by atoms with Crippen molar-refractivity contribution in [2.75, 3.05) is 18.0 Å². The normalized spacial score (nSPS) is 19.9. The summed E-state index contributed by atoms with van der Waals surface area (Å²) in [4.78, 5) is 28.8. The van der Waals surface area contributed by atoms with Crippen LogP contribution in [0.3, 0.4) is 0 Å². The SMILES string of the molecule is CC1=C(C(=O)N2C(=O)C3(CCNCC3)c3cc(Br)ccc32)Cc2ccccc21. The zero-order chi connectivity index (χ0) is 19.5. The molecule has 142 valence electrons. The van der Waals surface area contributed by atoms with Crippen LogP contribution in [0.1, 0.15) is 36.5 Å². The summed E-state index contributed by atoms with van der Waals surface area (Å²) >= 11 is 3.55. The van der Waals surface area contributed by atoms with Crippen molar-refractivity contribution >= 4 is 39.0 Å². The molecule has 2 aliphatic heterocycles. The molecule has 1 N–H and O–H groups in total. The maximum atomic E-state index is 13.7. The minimum Gasteiger partial charge on any atom is -0.317 e. The topological polar surface area (TPSA) is 49.4 Å². The Labute approximate surface area is 172 Å². The van der Waals surface area contributed by atoms with Crippen molar-refractivity contribution in [1.29, 1.82) is 0 Å². The molecular formula is C23H21BrN2O2. The Bertz CT molecular complexity index is 1050. The molecule has 5 rings (SSSR count). The fourth-order valence-corrected chi connectivity index (χ4v) is 5.32. The van der Waals surface area contributed by atoms with E-state index in [9.17, 15) is 9.59 Å². The van der Waals surface area contributed by atoms with E-state index in [1.54, 1.807) is 0 Å². The maximum Gasteiger partial charge on any atom is 0.261 e. The first kappa shape index (κ1) is 17.8. The number of carbonyl (C=O) groups is 2. The lowest BCUT2D eigenvalue weighted by molar-refractivity contribution is -0.128. The average molecular weight is 437 g/mol. The van der Waals surface area contributed by atoms with Gasteiger partial charge in [-0.3, -0.25) is 9.59 Å². The van der Waals surface area contributed by atoms with Gasteiger partial charge in [0.2, 0.25) is 5.91 Å². The largest absolute Gasteiger partial charge is 0.317 e. The van der Waals surface area contributed by atoms with Crippen LogP contribution in [0, 0.1) is 0 Å². The summed E-state index contributed by atoms with van der Waals surface area (Å²) in [7, 11) is 0. The number of anilines is 1. The Morgan fingerprint density at radius 1 is 1.14 bits per heavy atom. The van der Waals surface area contributed by atoms with E-state index in [-0.39, 0.29) is 11.8 Å². The first-order valence-electron chi connectivity index (χ1n) is 9.70. The van der Waals surface area contributed by atoms with E-state index in [1.165, 1.54) is 4.90 Å². The van der Waals surface area contributed by atoms with Gasteiger partial charge in [0.1, 0.15) is 0 Å². The van der Waals surface area contributed by atoms with E-state index in [0.717, 1.165) is 63.9 Å². The van der Waals surface area contributed by atoms with Crippen LogP contribution in [0.5, 0.6) is 0 Å². The second-order valence-corrected chi connectivity index (χ2v) is 8.79. The Morgan fingerprint density at radius 3 is 2.64 bits per heavy atom. The minimum absolute atomic E-state index is 0.0663. The van der Waals surface area contributed by atoms with Crippen molar-refractivity contribution < 1.29 is 9.59 Å². The molecule has 0 bridgehead atoms. The standard InChI is InChI=1S/C23H21BrN2O2/c1-14-17-5-3-2-4-15(17)12-18(14)21(27)26-20-7-6-16(24)13-19(20)23(22(26)28)8-10-25-11-9-23/h2-7,13,25H,8-12H2,1H3. The molecule has 5 heteroatoms. The van der Waals surface area contributed by atoms with Crippen molar-refractivity contribution in [3.63, 3.8) is 0 Å². The van der Waals surface area contributed by atoms with Crippen LogP contribution >= 0.6 is 15.9 Å². The number of nitrogens with one attached hydrogen (secondary N) is 1. The molecule has 2 aromatic carbocycles. The summed E-state index contributed by atoms with van der Waals surface area (Å²) in [5, 5.41) is 3.34. The highest BCUT2D eigenvalue weighted by Gasteiger charge is 2.53. The first-order chi connectivity index (χ1) is 13.5. The van der Waals surface area contributed by atoms with E-state index in [0.29, 0.717) is 6.42 Å². The van der Waals surface area contributed by atoms with Crippen LogP contribution in [0.25, 0.3) is 5.57 Å². The number of rotatable bonds is 1. The highest BCUT2D eigenvalue weighted by atomic mass is 79.9. The number of halogens is 1. The number of nitrogens with zero attached hydrogens (tertiary/aromatic N) is 1. The molecule has 2 heterocycles. The number of fused-ring (bicyclic) bond motifs is 3. The lowest BCUT2D eigenvalue weighted by Gasteiger charge is -2.32. The zero-order valence-corrected chi connectivity index (χ0v) is 17.3. The van der Waals surface area contributed by atoms with Crippen LogP contribution in [0.4, 0.5) is 5.69 Å². The molecule has 1 spiro atoms. The van der Waals surface area contributed by atoms with Gasteiger partial charge < -0.3 is 5.32 Å². The summed E-state index contributed by atoms with van der Waals surface area (Å²) in [6.07, 6.45) is 2.03. The molecule has 0 saturated carbocycles. The van der Waals surface area contributed by atoms with Crippen LogP contribution in [0.15, 0.2) is 52.5 Å². The second-order valence-electron chi connectivity index (χ2n) is 7.88. The quantitative estimate of drug-likeness (QED) is 0.687. The van der Waals surface area contributed by atoms with Gasteiger partial charge >= 0.3 is 0 Å². The number of amides is 2. The second kappa shape index (κ2) is 6.39. The van der Waals surface area contributed by atoms with Gasteiger partial charge in [-0.1, -0.05) is 40.2 Å². The van der Waals surface area contributed by atoms with E-state index in [1.807, 2.05) is 37.3 Å². The van der Waals surface area contributed by atoms with Gasteiger partial charge in [-0.25, -0.2) is 4.90 Å². The average Bonchev–Trinajstić information content (AvgIpc) is 3.16. The highest BCUT2D eigenvalue weighted by molar-refractivity contribution is 9.10. The Hall–Kier alpha value is -2.24. The van der Waals surface area contributed by atoms with Gasteiger partial charge in [0.25, 0.3) is 5.91 Å². The molecule has 0 unspecified atom stereocenters.